The lowest BCUT2D eigenvalue weighted by Crippen LogP contribution is -2.15. The van der Waals surface area contributed by atoms with Crippen LogP contribution in [0.5, 0.6) is 0 Å². The molecule has 0 saturated heterocycles. The molecule has 0 radical (unpaired) electrons. The van der Waals surface area contributed by atoms with Crippen molar-refractivity contribution in [2.24, 2.45) is 5.73 Å². The zero-order chi connectivity index (χ0) is 9.97. The summed E-state index contributed by atoms with van der Waals surface area (Å²) in [5, 5.41) is 0. The zero-order valence-corrected chi connectivity index (χ0v) is 7.04. The summed E-state index contributed by atoms with van der Waals surface area (Å²) in [7, 11) is 0. The maximum absolute atomic E-state index is 11.0. The highest BCUT2D eigenvalue weighted by Gasteiger charge is 2.15. The minimum absolute atomic E-state index is 0.0509. The van der Waals surface area contributed by atoms with Crippen LogP contribution in [0.1, 0.15) is 10.5 Å². The van der Waals surface area contributed by atoms with E-state index in [-0.39, 0.29) is 17.3 Å². The first-order valence-corrected chi connectivity index (χ1v) is 3.79. The van der Waals surface area contributed by atoms with E-state index < -0.39 is 5.91 Å². The van der Waals surface area contributed by atoms with Crippen molar-refractivity contribution >= 4 is 5.91 Å². The highest BCUT2D eigenvalue weighted by atomic mass is 16.3. The van der Waals surface area contributed by atoms with E-state index in [4.69, 9.17) is 10.2 Å². The summed E-state index contributed by atoms with van der Waals surface area (Å²) in [6.45, 7) is 0. The minimum Gasteiger partial charge on any atom is -0.443 e. The van der Waals surface area contributed by atoms with Gasteiger partial charge in [-0.25, -0.2) is 15.0 Å². The molecule has 0 aliphatic rings. The predicted molar refractivity (Wildman–Crippen MR) is 46.0 cm³/mol. The highest BCUT2D eigenvalue weighted by molar-refractivity contribution is 5.95. The summed E-state index contributed by atoms with van der Waals surface area (Å²) in [5.41, 5.74) is 5.42. The van der Waals surface area contributed by atoms with Gasteiger partial charge < -0.3 is 10.2 Å². The molecule has 2 N–H and O–H groups in total. The molecule has 0 bridgehead atoms. The molecule has 0 aromatic carbocycles. The van der Waals surface area contributed by atoms with E-state index in [1.54, 1.807) is 0 Å². The number of nitrogens with two attached hydrogens (primary N) is 1. The third-order valence-corrected chi connectivity index (χ3v) is 1.57. The molecule has 0 saturated carbocycles. The quantitative estimate of drug-likeness (QED) is 0.731. The van der Waals surface area contributed by atoms with Gasteiger partial charge in [-0.15, -0.1) is 0 Å². The first-order valence-electron chi connectivity index (χ1n) is 3.79. The molecule has 2 aromatic rings. The first-order chi connectivity index (χ1) is 6.79. The number of hydrogen-bond acceptors (Lipinski definition) is 5. The van der Waals surface area contributed by atoms with Gasteiger partial charge in [0.1, 0.15) is 6.26 Å². The van der Waals surface area contributed by atoms with Crippen LogP contribution in [-0.2, 0) is 0 Å². The molecule has 0 spiro atoms. The Morgan fingerprint density at radius 1 is 1.21 bits per heavy atom. The molecule has 2 aromatic heterocycles. The van der Waals surface area contributed by atoms with Gasteiger partial charge in [-0.3, -0.25) is 4.79 Å². The zero-order valence-electron chi connectivity index (χ0n) is 7.04. The molecule has 6 heteroatoms. The van der Waals surface area contributed by atoms with Gasteiger partial charge in [0.15, 0.2) is 11.4 Å². The largest absolute Gasteiger partial charge is 0.443 e. The molecule has 2 heterocycles. The molecule has 0 aliphatic heterocycles. The summed E-state index contributed by atoms with van der Waals surface area (Å²) in [6, 6.07) is 0. The van der Waals surface area contributed by atoms with Crippen LogP contribution in [0.4, 0.5) is 0 Å². The van der Waals surface area contributed by atoms with Crippen molar-refractivity contribution in [3.8, 4) is 11.6 Å². The Hall–Kier alpha value is -2.24. The summed E-state index contributed by atoms with van der Waals surface area (Å²) < 4.78 is 4.99. The third kappa shape index (κ3) is 1.33. The summed E-state index contributed by atoms with van der Waals surface area (Å²) in [6.07, 6.45) is 5.65. The normalized spacial score (nSPS) is 10.0. The van der Waals surface area contributed by atoms with Crippen LogP contribution in [0.2, 0.25) is 0 Å². The van der Waals surface area contributed by atoms with Crippen LogP contribution < -0.4 is 5.73 Å². The van der Waals surface area contributed by atoms with E-state index in [1.165, 1.54) is 24.9 Å². The number of nitrogens with zero attached hydrogens (tertiary/aromatic N) is 3. The molecule has 0 fully saturated rings. The van der Waals surface area contributed by atoms with E-state index in [0.717, 1.165) is 0 Å². The van der Waals surface area contributed by atoms with Crippen molar-refractivity contribution < 1.29 is 9.21 Å². The number of hydrogen-bond donors (Lipinski definition) is 1. The maximum Gasteiger partial charge on any atom is 0.269 e. The van der Waals surface area contributed by atoms with Crippen LogP contribution in [0.25, 0.3) is 11.6 Å². The van der Waals surface area contributed by atoms with Crippen LogP contribution in [0.15, 0.2) is 29.3 Å². The number of primary amides is 1. The second-order valence-electron chi connectivity index (χ2n) is 2.46. The third-order valence-electron chi connectivity index (χ3n) is 1.57. The van der Waals surface area contributed by atoms with Crippen LogP contribution in [0.3, 0.4) is 0 Å². The Labute approximate surface area is 78.8 Å². The van der Waals surface area contributed by atoms with Crippen molar-refractivity contribution in [1.29, 1.82) is 0 Å². The van der Waals surface area contributed by atoms with Gasteiger partial charge in [-0.1, -0.05) is 0 Å². The van der Waals surface area contributed by atoms with E-state index >= 15 is 0 Å². The molecule has 2 rings (SSSR count). The second kappa shape index (κ2) is 3.25. The lowest BCUT2D eigenvalue weighted by atomic mass is 10.3. The Balaban J connectivity index is 2.58. The van der Waals surface area contributed by atoms with Gasteiger partial charge in [-0.2, -0.15) is 0 Å². The van der Waals surface area contributed by atoms with Gasteiger partial charge in [0.05, 0.1) is 6.20 Å². The van der Waals surface area contributed by atoms with Crippen molar-refractivity contribution in [3.05, 3.63) is 30.5 Å². The average molecular weight is 190 g/mol. The maximum atomic E-state index is 11.0. The summed E-state index contributed by atoms with van der Waals surface area (Å²) in [4.78, 5) is 22.5. The van der Waals surface area contributed by atoms with E-state index in [2.05, 4.69) is 15.0 Å². The smallest absolute Gasteiger partial charge is 0.269 e. The van der Waals surface area contributed by atoms with Gasteiger partial charge in [0.2, 0.25) is 5.89 Å². The Kier molecular flexibility index (Phi) is 1.94. The number of carbonyl (C=O) groups is 1. The van der Waals surface area contributed by atoms with Crippen molar-refractivity contribution in [2.75, 3.05) is 0 Å². The van der Waals surface area contributed by atoms with Crippen molar-refractivity contribution in [2.45, 2.75) is 0 Å². The van der Waals surface area contributed by atoms with Crippen LogP contribution in [-0.4, -0.2) is 20.9 Å². The topological polar surface area (TPSA) is 94.9 Å². The van der Waals surface area contributed by atoms with Crippen molar-refractivity contribution in [1.82, 2.24) is 15.0 Å². The van der Waals surface area contributed by atoms with Crippen LogP contribution in [0, 0.1) is 0 Å². The fourth-order valence-electron chi connectivity index (χ4n) is 1.02. The number of aromatic nitrogens is 3. The molecule has 14 heavy (non-hydrogen) atoms. The molecular formula is C8H6N4O2. The Bertz CT molecular complexity index is 452. The van der Waals surface area contributed by atoms with Gasteiger partial charge >= 0.3 is 0 Å². The molecule has 1 amide bonds. The van der Waals surface area contributed by atoms with Crippen molar-refractivity contribution in [3.63, 3.8) is 0 Å². The molecular weight excluding hydrogens is 184 g/mol. The monoisotopic (exact) mass is 190 g/mol. The first kappa shape index (κ1) is 8.36. The lowest BCUT2D eigenvalue weighted by molar-refractivity contribution is 0.0995. The van der Waals surface area contributed by atoms with E-state index in [0.29, 0.717) is 0 Å². The predicted octanol–water partition coefficient (Wildman–Crippen LogP) is 0.230. The van der Waals surface area contributed by atoms with Crippen LogP contribution >= 0.6 is 0 Å². The summed E-state index contributed by atoms with van der Waals surface area (Å²) >= 11 is 0. The molecule has 6 nitrogen and oxygen atoms in total. The molecule has 0 aliphatic carbocycles. The van der Waals surface area contributed by atoms with E-state index in [1.807, 2.05) is 0 Å². The molecule has 0 unspecified atom stereocenters. The fourth-order valence-corrected chi connectivity index (χ4v) is 1.02. The summed E-state index contributed by atoms with van der Waals surface area (Å²) in [5.74, 6) is -0.432. The number of rotatable bonds is 2. The molecule has 70 valence electrons. The fraction of sp³-hybridized carbons (Fsp3) is 0. The number of carbonyl (C=O) groups excluding carboxylic acids is 1. The second-order valence-corrected chi connectivity index (χ2v) is 2.46. The average Bonchev–Trinajstić information content (AvgIpc) is 2.70. The number of amides is 1. The SMILES string of the molecule is NC(=O)c1nccnc1-c1ncco1. The Morgan fingerprint density at radius 2 is 2.00 bits per heavy atom. The highest BCUT2D eigenvalue weighted by Crippen LogP contribution is 2.16. The van der Waals surface area contributed by atoms with Gasteiger partial charge in [0, 0.05) is 12.4 Å². The minimum atomic E-state index is -0.661. The van der Waals surface area contributed by atoms with E-state index in [9.17, 15) is 4.79 Å². The lowest BCUT2D eigenvalue weighted by Gasteiger charge is -1.98. The number of oxazole rings is 1. The van der Waals surface area contributed by atoms with Gasteiger partial charge in [-0.05, 0) is 0 Å². The molecule has 0 atom stereocenters. The standard InChI is InChI=1S/C8H6N4O2/c9-7(13)5-6(11-2-1-10-5)8-12-3-4-14-8/h1-4H,(H2,9,13). The van der Waals surface area contributed by atoms with Gasteiger partial charge in [0.25, 0.3) is 5.91 Å². The Morgan fingerprint density at radius 3 is 2.64 bits per heavy atom.